The molecule has 2 saturated carbocycles. The molecule has 2 N–H and O–H groups in total. The van der Waals surface area contributed by atoms with Crippen molar-refractivity contribution in [2.45, 2.75) is 83.7 Å². The minimum absolute atomic E-state index is 0.0290. The van der Waals surface area contributed by atoms with Gasteiger partial charge in [0.1, 0.15) is 5.75 Å². The molecule has 0 unspecified atom stereocenters. The molecule has 1 aromatic rings. The van der Waals surface area contributed by atoms with Crippen LogP contribution in [0.5, 0.6) is 5.75 Å². The van der Waals surface area contributed by atoms with Gasteiger partial charge in [-0.25, -0.2) is 0 Å². The number of fused-ring (bicyclic) bond motifs is 5. The van der Waals surface area contributed by atoms with Crippen LogP contribution in [0, 0.1) is 17.3 Å². The summed E-state index contributed by atoms with van der Waals surface area (Å²) < 4.78 is 0. The number of phenols is 1. The van der Waals surface area contributed by atoms with Gasteiger partial charge in [0.05, 0.1) is 6.10 Å². The number of aromatic hydroxyl groups is 1. The van der Waals surface area contributed by atoms with E-state index in [0.717, 1.165) is 24.8 Å². The summed E-state index contributed by atoms with van der Waals surface area (Å²) in [5.74, 6) is 2.48. The number of aliphatic hydroxyl groups is 1. The van der Waals surface area contributed by atoms with E-state index in [1.807, 2.05) is 6.07 Å². The van der Waals surface area contributed by atoms with E-state index in [4.69, 9.17) is 0 Å². The molecule has 3 aliphatic carbocycles. The SMILES string of the molecule is CC(C)(C)c1cc2c(cc1O)CC[C@@H]1[C@@H]2CC[C@]2(C)[C@@H](O)CC[C@@H]12. The zero-order valence-electron chi connectivity index (χ0n) is 15.6. The Bertz CT molecular complexity index is 657. The summed E-state index contributed by atoms with van der Waals surface area (Å²) in [4.78, 5) is 0. The summed E-state index contributed by atoms with van der Waals surface area (Å²) >= 11 is 0. The minimum Gasteiger partial charge on any atom is -0.508 e. The summed E-state index contributed by atoms with van der Waals surface area (Å²) in [7, 11) is 0. The summed E-state index contributed by atoms with van der Waals surface area (Å²) in [6.07, 6.45) is 6.71. The normalized spacial score (nSPS) is 38.4. The fourth-order valence-corrected chi connectivity index (χ4v) is 6.18. The predicted octanol–water partition coefficient (Wildman–Crippen LogP) is 4.91. The van der Waals surface area contributed by atoms with Gasteiger partial charge < -0.3 is 10.2 Å². The van der Waals surface area contributed by atoms with Crippen molar-refractivity contribution >= 4 is 0 Å². The van der Waals surface area contributed by atoms with E-state index >= 15 is 0 Å². The molecule has 0 heterocycles. The predicted molar refractivity (Wildman–Crippen MR) is 97.4 cm³/mol. The molecule has 24 heavy (non-hydrogen) atoms. The zero-order valence-corrected chi connectivity index (χ0v) is 15.6. The van der Waals surface area contributed by atoms with Crippen LogP contribution in [0.2, 0.25) is 0 Å². The molecule has 0 bridgehead atoms. The first-order valence-corrected chi connectivity index (χ1v) is 9.76. The van der Waals surface area contributed by atoms with Crippen molar-refractivity contribution < 1.29 is 10.2 Å². The summed E-state index contributed by atoms with van der Waals surface area (Å²) in [5, 5.41) is 21.0. The van der Waals surface area contributed by atoms with Crippen LogP contribution < -0.4 is 0 Å². The van der Waals surface area contributed by atoms with Gasteiger partial charge in [0, 0.05) is 0 Å². The average molecular weight is 328 g/mol. The van der Waals surface area contributed by atoms with Gasteiger partial charge in [0.15, 0.2) is 0 Å². The van der Waals surface area contributed by atoms with Crippen molar-refractivity contribution in [3.05, 3.63) is 28.8 Å². The van der Waals surface area contributed by atoms with Crippen molar-refractivity contribution in [2.24, 2.45) is 17.3 Å². The van der Waals surface area contributed by atoms with Gasteiger partial charge in [0.25, 0.3) is 0 Å². The van der Waals surface area contributed by atoms with Gasteiger partial charge in [-0.1, -0.05) is 33.8 Å². The van der Waals surface area contributed by atoms with E-state index in [1.54, 1.807) is 0 Å². The van der Waals surface area contributed by atoms with Crippen molar-refractivity contribution in [1.82, 2.24) is 0 Å². The maximum atomic E-state index is 10.5. The number of hydrogen-bond acceptors (Lipinski definition) is 2. The van der Waals surface area contributed by atoms with Crippen LogP contribution in [0.3, 0.4) is 0 Å². The molecule has 0 spiro atoms. The fraction of sp³-hybridized carbons (Fsp3) is 0.727. The van der Waals surface area contributed by atoms with Crippen molar-refractivity contribution in [3.8, 4) is 5.75 Å². The van der Waals surface area contributed by atoms with E-state index in [-0.39, 0.29) is 16.9 Å². The van der Waals surface area contributed by atoms with Gasteiger partial charge in [-0.3, -0.25) is 0 Å². The van der Waals surface area contributed by atoms with Crippen LogP contribution in [0.1, 0.15) is 82.4 Å². The summed E-state index contributed by atoms with van der Waals surface area (Å²) in [6, 6.07) is 4.36. The Hall–Kier alpha value is -1.02. The molecule has 0 aliphatic heterocycles. The lowest BCUT2D eigenvalue weighted by Gasteiger charge is -2.50. The Morgan fingerprint density at radius 2 is 1.83 bits per heavy atom. The van der Waals surface area contributed by atoms with Crippen LogP contribution in [0.4, 0.5) is 0 Å². The zero-order chi connectivity index (χ0) is 17.3. The lowest BCUT2D eigenvalue weighted by Crippen LogP contribution is -2.44. The van der Waals surface area contributed by atoms with E-state index in [2.05, 4.69) is 33.8 Å². The second-order valence-electron chi connectivity index (χ2n) is 9.87. The van der Waals surface area contributed by atoms with E-state index < -0.39 is 0 Å². The first kappa shape index (κ1) is 16.4. The number of rotatable bonds is 0. The topological polar surface area (TPSA) is 40.5 Å². The first-order valence-electron chi connectivity index (χ1n) is 9.76. The number of benzene rings is 1. The lowest BCUT2D eigenvalue weighted by atomic mass is 9.55. The Balaban J connectivity index is 1.74. The first-order chi connectivity index (χ1) is 11.2. The van der Waals surface area contributed by atoms with Crippen molar-refractivity contribution in [1.29, 1.82) is 0 Å². The highest BCUT2D eigenvalue weighted by atomic mass is 16.3. The molecule has 132 valence electrons. The molecule has 5 atom stereocenters. The molecule has 0 radical (unpaired) electrons. The highest BCUT2D eigenvalue weighted by Gasteiger charge is 2.54. The Morgan fingerprint density at radius 1 is 1.08 bits per heavy atom. The molecule has 2 heteroatoms. The third-order valence-electron chi connectivity index (χ3n) is 7.60. The highest BCUT2D eigenvalue weighted by molar-refractivity contribution is 5.48. The maximum Gasteiger partial charge on any atom is 0.119 e. The summed E-state index contributed by atoms with van der Waals surface area (Å²) in [5.41, 5.74) is 4.06. The van der Waals surface area contributed by atoms with Gasteiger partial charge in [-0.15, -0.1) is 0 Å². The van der Waals surface area contributed by atoms with Crippen molar-refractivity contribution in [2.75, 3.05) is 0 Å². The third kappa shape index (κ3) is 2.25. The molecule has 0 aromatic heterocycles. The second-order valence-corrected chi connectivity index (χ2v) is 9.87. The second kappa shape index (κ2) is 5.24. The van der Waals surface area contributed by atoms with E-state index in [0.29, 0.717) is 23.5 Å². The Morgan fingerprint density at radius 3 is 2.54 bits per heavy atom. The third-order valence-corrected chi connectivity index (χ3v) is 7.60. The van der Waals surface area contributed by atoms with Crippen LogP contribution in [-0.4, -0.2) is 16.3 Å². The molecule has 3 aliphatic rings. The van der Waals surface area contributed by atoms with Crippen LogP contribution in [0.15, 0.2) is 12.1 Å². The molecular formula is C22H32O2. The number of aryl methyl sites for hydroxylation is 1. The number of hydrogen-bond donors (Lipinski definition) is 2. The van der Waals surface area contributed by atoms with Gasteiger partial charge in [-0.05, 0) is 89.9 Å². The molecule has 1 aromatic carbocycles. The van der Waals surface area contributed by atoms with Crippen LogP contribution in [-0.2, 0) is 11.8 Å². The van der Waals surface area contributed by atoms with E-state index in [9.17, 15) is 10.2 Å². The lowest BCUT2D eigenvalue weighted by molar-refractivity contribution is -0.0226. The van der Waals surface area contributed by atoms with Crippen LogP contribution in [0.25, 0.3) is 0 Å². The Kier molecular flexibility index (Phi) is 3.59. The van der Waals surface area contributed by atoms with Crippen molar-refractivity contribution in [3.63, 3.8) is 0 Å². The molecule has 0 amide bonds. The van der Waals surface area contributed by atoms with Gasteiger partial charge in [0.2, 0.25) is 0 Å². The molecule has 0 saturated heterocycles. The number of phenolic OH excluding ortho intramolecular Hbond substituents is 1. The molecule has 4 rings (SSSR count). The minimum atomic E-state index is -0.102. The average Bonchev–Trinajstić information content (AvgIpc) is 2.81. The molecule has 2 nitrogen and oxygen atoms in total. The monoisotopic (exact) mass is 328 g/mol. The Labute approximate surface area is 146 Å². The smallest absolute Gasteiger partial charge is 0.119 e. The van der Waals surface area contributed by atoms with Crippen LogP contribution >= 0.6 is 0 Å². The van der Waals surface area contributed by atoms with E-state index in [1.165, 1.54) is 30.4 Å². The molecular weight excluding hydrogens is 296 g/mol. The van der Waals surface area contributed by atoms with Gasteiger partial charge >= 0.3 is 0 Å². The summed E-state index contributed by atoms with van der Waals surface area (Å²) in [6.45, 7) is 8.87. The maximum absolute atomic E-state index is 10.5. The standard InChI is InChI=1S/C22H32O2/c1-21(2,3)18-12-16-13(11-19(18)23)5-6-15-14(16)9-10-22(4)17(15)7-8-20(22)24/h11-12,14-15,17,20,23-24H,5-10H2,1-4H3/t14-,15+,17-,20-,22-/m0/s1. The fourth-order valence-electron chi connectivity index (χ4n) is 6.18. The largest absolute Gasteiger partial charge is 0.508 e. The number of aliphatic hydroxyl groups excluding tert-OH is 1. The van der Waals surface area contributed by atoms with Gasteiger partial charge in [-0.2, -0.15) is 0 Å². The highest BCUT2D eigenvalue weighted by Crippen LogP contribution is 2.61. The molecule has 2 fully saturated rings. The quantitative estimate of drug-likeness (QED) is 0.710.